The third-order valence-electron chi connectivity index (χ3n) is 5.38. The van der Waals surface area contributed by atoms with Crippen LogP contribution in [-0.4, -0.2) is 46.8 Å². The summed E-state index contributed by atoms with van der Waals surface area (Å²) in [6, 6.07) is 10.3. The average Bonchev–Trinajstić information content (AvgIpc) is 3.05. The fraction of sp³-hybridized carbons (Fsp3) is 0.500. The number of fused-ring (bicyclic) bond motifs is 1. The highest BCUT2D eigenvalue weighted by Crippen LogP contribution is 2.20. The molecule has 2 aliphatic heterocycles. The van der Waals surface area contributed by atoms with Crippen LogP contribution in [0.25, 0.3) is 0 Å². The van der Waals surface area contributed by atoms with Gasteiger partial charge < -0.3 is 9.30 Å². The van der Waals surface area contributed by atoms with E-state index in [9.17, 15) is 4.79 Å². The van der Waals surface area contributed by atoms with Crippen LogP contribution >= 0.6 is 0 Å². The third kappa shape index (κ3) is 3.53. The van der Waals surface area contributed by atoms with Crippen molar-refractivity contribution in [3.8, 4) is 0 Å². The van der Waals surface area contributed by atoms with Gasteiger partial charge in [-0.15, -0.1) is 0 Å². The zero-order chi connectivity index (χ0) is 17.2. The van der Waals surface area contributed by atoms with Crippen molar-refractivity contribution in [1.82, 2.24) is 14.5 Å². The minimum atomic E-state index is 0.0692. The van der Waals surface area contributed by atoms with Crippen molar-refractivity contribution in [2.45, 2.75) is 38.8 Å². The summed E-state index contributed by atoms with van der Waals surface area (Å²) in [6.45, 7) is 6.29. The molecule has 132 valence electrons. The lowest BCUT2D eigenvalue weighted by Crippen LogP contribution is -2.37. The molecule has 2 aromatic rings. The first kappa shape index (κ1) is 16.5. The largest absolute Gasteiger partial charge is 0.380 e. The molecule has 2 aliphatic rings. The summed E-state index contributed by atoms with van der Waals surface area (Å²) in [5.74, 6) is 0. The lowest BCUT2D eigenvalue weighted by molar-refractivity contribution is 0.146. The molecule has 1 atom stereocenters. The lowest BCUT2D eigenvalue weighted by Gasteiger charge is -2.25. The van der Waals surface area contributed by atoms with E-state index in [1.165, 1.54) is 11.3 Å². The van der Waals surface area contributed by atoms with Crippen LogP contribution < -0.4 is 5.56 Å². The zero-order valence-corrected chi connectivity index (χ0v) is 14.8. The summed E-state index contributed by atoms with van der Waals surface area (Å²) in [5, 5.41) is 0. The molecule has 4 heterocycles. The second-order valence-electron chi connectivity index (χ2n) is 7.05. The molecule has 0 aromatic carbocycles. The Morgan fingerprint density at radius 2 is 2.08 bits per heavy atom. The molecule has 0 radical (unpaired) electrons. The molecule has 0 bridgehead atoms. The molecule has 0 saturated carbocycles. The topological polar surface area (TPSA) is 47.4 Å². The van der Waals surface area contributed by atoms with Crippen LogP contribution in [0, 0.1) is 6.92 Å². The first-order valence-corrected chi connectivity index (χ1v) is 9.16. The maximum atomic E-state index is 12.5. The van der Waals surface area contributed by atoms with Gasteiger partial charge in [0, 0.05) is 49.6 Å². The van der Waals surface area contributed by atoms with Crippen molar-refractivity contribution in [3.63, 3.8) is 0 Å². The van der Waals surface area contributed by atoms with Gasteiger partial charge in [-0.25, -0.2) is 0 Å². The van der Waals surface area contributed by atoms with Crippen LogP contribution in [-0.2, 0) is 24.1 Å². The van der Waals surface area contributed by atoms with E-state index >= 15 is 0 Å². The molecule has 1 unspecified atom stereocenters. The van der Waals surface area contributed by atoms with Crippen LogP contribution in [0.5, 0.6) is 0 Å². The van der Waals surface area contributed by atoms with E-state index in [1.54, 1.807) is 6.07 Å². The molecule has 5 heteroatoms. The van der Waals surface area contributed by atoms with Gasteiger partial charge in [0.15, 0.2) is 0 Å². The number of rotatable bonds is 3. The molecule has 1 saturated heterocycles. The van der Waals surface area contributed by atoms with E-state index in [-0.39, 0.29) is 5.56 Å². The Bertz CT molecular complexity index is 809. The maximum absolute atomic E-state index is 12.5. The molecule has 5 nitrogen and oxygen atoms in total. The van der Waals surface area contributed by atoms with Crippen LogP contribution in [0.4, 0.5) is 0 Å². The average molecular weight is 339 g/mol. The van der Waals surface area contributed by atoms with Crippen molar-refractivity contribution < 1.29 is 4.74 Å². The summed E-state index contributed by atoms with van der Waals surface area (Å²) in [5.41, 5.74) is 4.48. The number of pyridine rings is 2. The first-order valence-electron chi connectivity index (χ1n) is 9.16. The normalized spacial score (nSPS) is 21.1. The molecule has 4 rings (SSSR count). The van der Waals surface area contributed by atoms with Crippen molar-refractivity contribution in [2.24, 2.45) is 0 Å². The number of ether oxygens (including phenoxy) is 1. The van der Waals surface area contributed by atoms with E-state index in [4.69, 9.17) is 4.74 Å². The van der Waals surface area contributed by atoms with E-state index in [0.29, 0.717) is 12.6 Å². The fourth-order valence-corrected chi connectivity index (χ4v) is 4.01. The van der Waals surface area contributed by atoms with Gasteiger partial charge >= 0.3 is 0 Å². The Balaban J connectivity index is 1.61. The van der Waals surface area contributed by atoms with Gasteiger partial charge in [0.1, 0.15) is 0 Å². The number of hydrogen-bond donors (Lipinski definition) is 0. The van der Waals surface area contributed by atoms with Crippen molar-refractivity contribution >= 4 is 0 Å². The SMILES string of the molecule is Cc1cccc(Cn2c3c(ccc2=O)CCN(C2CCOC2)CC3)n1. The first-order chi connectivity index (χ1) is 12.2. The molecule has 1 fully saturated rings. The Morgan fingerprint density at radius 3 is 2.88 bits per heavy atom. The number of nitrogens with zero attached hydrogens (tertiary/aromatic N) is 3. The van der Waals surface area contributed by atoms with Crippen LogP contribution in [0.1, 0.15) is 29.1 Å². The molecular formula is C20H25N3O2. The highest BCUT2D eigenvalue weighted by molar-refractivity contribution is 5.25. The van der Waals surface area contributed by atoms with Gasteiger partial charge in [-0.2, -0.15) is 0 Å². The van der Waals surface area contributed by atoms with Gasteiger partial charge in [0.25, 0.3) is 5.56 Å². The molecular weight excluding hydrogens is 314 g/mol. The molecule has 0 aliphatic carbocycles. The fourth-order valence-electron chi connectivity index (χ4n) is 4.01. The Labute approximate surface area is 148 Å². The monoisotopic (exact) mass is 339 g/mol. The predicted molar refractivity (Wildman–Crippen MR) is 97.0 cm³/mol. The highest BCUT2D eigenvalue weighted by atomic mass is 16.5. The zero-order valence-electron chi connectivity index (χ0n) is 14.8. The summed E-state index contributed by atoms with van der Waals surface area (Å²) >= 11 is 0. The van der Waals surface area contributed by atoms with E-state index in [1.807, 2.05) is 35.8 Å². The summed E-state index contributed by atoms with van der Waals surface area (Å²) in [4.78, 5) is 19.6. The predicted octanol–water partition coefficient (Wildman–Crippen LogP) is 1.79. The van der Waals surface area contributed by atoms with Gasteiger partial charge in [0.05, 0.1) is 18.8 Å². The third-order valence-corrected chi connectivity index (χ3v) is 5.38. The van der Waals surface area contributed by atoms with E-state index in [2.05, 4.69) is 9.88 Å². The molecule has 25 heavy (non-hydrogen) atoms. The summed E-state index contributed by atoms with van der Waals surface area (Å²) < 4.78 is 7.48. The number of aryl methyl sites for hydroxylation is 1. The Hall–Kier alpha value is -1.98. The van der Waals surface area contributed by atoms with Gasteiger partial charge in [0.2, 0.25) is 0 Å². The number of hydrogen-bond acceptors (Lipinski definition) is 4. The smallest absolute Gasteiger partial charge is 0.251 e. The Morgan fingerprint density at radius 1 is 1.20 bits per heavy atom. The van der Waals surface area contributed by atoms with Crippen LogP contribution in [0.2, 0.25) is 0 Å². The molecule has 0 N–H and O–H groups in total. The van der Waals surface area contributed by atoms with Crippen molar-refractivity contribution in [2.75, 3.05) is 26.3 Å². The standard InChI is InChI=1S/C20H25N3O2/c1-15-3-2-4-17(21-15)13-23-19-8-11-22(18-9-12-25-14-18)10-7-16(19)5-6-20(23)24/h2-6,18H,7-14H2,1H3. The molecule has 0 amide bonds. The van der Waals surface area contributed by atoms with Gasteiger partial charge in [-0.1, -0.05) is 12.1 Å². The summed E-state index contributed by atoms with van der Waals surface area (Å²) in [7, 11) is 0. The van der Waals surface area contributed by atoms with E-state index < -0.39 is 0 Å². The van der Waals surface area contributed by atoms with Crippen LogP contribution in [0.3, 0.4) is 0 Å². The molecule has 2 aromatic heterocycles. The lowest BCUT2D eigenvalue weighted by atomic mass is 10.1. The van der Waals surface area contributed by atoms with Crippen molar-refractivity contribution in [3.05, 3.63) is 63.3 Å². The minimum absolute atomic E-state index is 0.0692. The van der Waals surface area contributed by atoms with Gasteiger partial charge in [-0.05, 0) is 37.5 Å². The quantitative estimate of drug-likeness (QED) is 0.855. The second kappa shape index (κ2) is 7.10. The summed E-state index contributed by atoms with van der Waals surface area (Å²) in [6.07, 6.45) is 3.03. The highest BCUT2D eigenvalue weighted by Gasteiger charge is 2.26. The van der Waals surface area contributed by atoms with E-state index in [0.717, 1.165) is 57.0 Å². The van der Waals surface area contributed by atoms with Gasteiger partial charge in [-0.3, -0.25) is 14.7 Å². The van der Waals surface area contributed by atoms with Crippen molar-refractivity contribution in [1.29, 1.82) is 0 Å². The number of aromatic nitrogens is 2. The second-order valence-corrected chi connectivity index (χ2v) is 7.05. The van der Waals surface area contributed by atoms with Crippen LogP contribution in [0.15, 0.2) is 35.1 Å². The minimum Gasteiger partial charge on any atom is -0.380 e. The molecule has 0 spiro atoms. The maximum Gasteiger partial charge on any atom is 0.251 e. The Kier molecular flexibility index (Phi) is 4.68.